The van der Waals surface area contributed by atoms with Crippen LogP contribution in [-0.2, 0) is 14.7 Å². The normalized spacial score (nSPS) is 13.5. The molecular formula is C14H24BNO5S. The van der Waals surface area contributed by atoms with Crippen molar-refractivity contribution < 1.29 is 23.2 Å². The second kappa shape index (κ2) is 6.29. The molecule has 8 heteroatoms. The van der Waals surface area contributed by atoms with E-state index >= 15 is 0 Å². The Balaban J connectivity index is 3.25. The summed E-state index contributed by atoms with van der Waals surface area (Å²) in [5.74, 6) is 0. The Morgan fingerprint density at radius 3 is 2.09 bits per heavy atom. The van der Waals surface area contributed by atoms with Crippen LogP contribution in [0.3, 0.4) is 0 Å². The van der Waals surface area contributed by atoms with E-state index in [4.69, 9.17) is 4.65 Å². The Hall–Kier alpha value is -0.925. The van der Waals surface area contributed by atoms with Gasteiger partial charge in [0.15, 0.2) is 0 Å². The lowest BCUT2D eigenvalue weighted by Crippen LogP contribution is -2.53. The van der Waals surface area contributed by atoms with Gasteiger partial charge in [0.05, 0.1) is 16.1 Å². The molecule has 0 aliphatic carbocycles. The summed E-state index contributed by atoms with van der Waals surface area (Å²) in [6.07, 6.45) is 0. The van der Waals surface area contributed by atoms with Gasteiger partial charge in [-0.15, -0.1) is 0 Å². The quantitative estimate of drug-likeness (QED) is 0.728. The van der Waals surface area contributed by atoms with Gasteiger partial charge in [0.2, 0.25) is 10.0 Å². The predicted octanol–water partition coefficient (Wildman–Crippen LogP) is 0.191. The van der Waals surface area contributed by atoms with Gasteiger partial charge in [-0.1, -0.05) is 18.2 Å². The van der Waals surface area contributed by atoms with Crippen LogP contribution in [0.4, 0.5) is 0 Å². The first-order valence-corrected chi connectivity index (χ1v) is 8.34. The third kappa shape index (κ3) is 3.88. The van der Waals surface area contributed by atoms with Crippen LogP contribution in [0.5, 0.6) is 0 Å². The largest absolute Gasteiger partial charge is 0.493 e. The lowest BCUT2D eigenvalue weighted by molar-refractivity contribution is -0.0983. The number of benzene rings is 1. The summed E-state index contributed by atoms with van der Waals surface area (Å²) in [6, 6.07) is 6.09. The Labute approximate surface area is 132 Å². The Bertz CT molecular complexity index is 622. The highest BCUT2D eigenvalue weighted by atomic mass is 32.2. The van der Waals surface area contributed by atoms with E-state index in [2.05, 4.69) is 0 Å². The van der Waals surface area contributed by atoms with Crippen molar-refractivity contribution in [3.05, 3.63) is 24.3 Å². The van der Waals surface area contributed by atoms with Crippen molar-refractivity contribution >= 4 is 22.6 Å². The number of nitrogens with zero attached hydrogens (tertiary/aromatic N) is 1. The zero-order valence-electron chi connectivity index (χ0n) is 13.9. The fraction of sp³-hybridized carbons (Fsp3) is 0.571. The second-order valence-corrected chi connectivity index (χ2v) is 8.49. The fourth-order valence-electron chi connectivity index (χ4n) is 1.60. The van der Waals surface area contributed by atoms with Crippen LogP contribution in [0.15, 0.2) is 29.2 Å². The van der Waals surface area contributed by atoms with E-state index in [1.165, 1.54) is 26.2 Å². The molecule has 124 valence electrons. The van der Waals surface area contributed by atoms with Gasteiger partial charge < -0.3 is 14.8 Å². The molecule has 1 rings (SSSR count). The molecule has 1 aromatic carbocycles. The minimum atomic E-state index is -3.71. The molecule has 0 fully saturated rings. The third-order valence-corrected chi connectivity index (χ3v) is 5.71. The summed E-state index contributed by atoms with van der Waals surface area (Å²) in [6.45, 7) is 6.36. The molecular weight excluding hydrogens is 305 g/mol. The Kier molecular flexibility index (Phi) is 5.47. The van der Waals surface area contributed by atoms with Crippen molar-refractivity contribution in [1.29, 1.82) is 0 Å². The van der Waals surface area contributed by atoms with E-state index in [1.54, 1.807) is 39.8 Å². The van der Waals surface area contributed by atoms with E-state index in [0.29, 0.717) is 0 Å². The van der Waals surface area contributed by atoms with Crippen LogP contribution in [0.2, 0.25) is 0 Å². The molecule has 0 atom stereocenters. The molecule has 0 aromatic heterocycles. The predicted molar refractivity (Wildman–Crippen MR) is 86.4 cm³/mol. The lowest BCUT2D eigenvalue weighted by atomic mass is 9.76. The molecule has 0 amide bonds. The van der Waals surface area contributed by atoms with Crippen molar-refractivity contribution in [1.82, 2.24) is 4.31 Å². The van der Waals surface area contributed by atoms with Gasteiger partial charge in [-0.05, 0) is 33.8 Å². The van der Waals surface area contributed by atoms with E-state index in [0.717, 1.165) is 4.31 Å². The average molecular weight is 329 g/mol. The maximum Gasteiger partial charge on any atom is 0.493 e. The van der Waals surface area contributed by atoms with Crippen LogP contribution >= 0.6 is 0 Å². The van der Waals surface area contributed by atoms with Gasteiger partial charge in [-0.2, -0.15) is 0 Å². The molecule has 0 heterocycles. The zero-order valence-corrected chi connectivity index (χ0v) is 14.7. The third-order valence-electron chi connectivity index (χ3n) is 3.82. The van der Waals surface area contributed by atoms with Gasteiger partial charge >= 0.3 is 7.12 Å². The van der Waals surface area contributed by atoms with Gasteiger partial charge in [0.25, 0.3) is 0 Å². The Morgan fingerprint density at radius 1 is 1.14 bits per heavy atom. The molecule has 0 radical (unpaired) electrons. The molecule has 22 heavy (non-hydrogen) atoms. The van der Waals surface area contributed by atoms with Crippen LogP contribution in [0.1, 0.15) is 27.7 Å². The highest BCUT2D eigenvalue weighted by Gasteiger charge is 2.40. The molecule has 0 saturated heterocycles. The summed E-state index contributed by atoms with van der Waals surface area (Å²) in [5.41, 5.74) is -2.17. The topological polar surface area (TPSA) is 87.1 Å². The zero-order chi connectivity index (χ0) is 17.3. The molecule has 1 aromatic rings. The second-order valence-electron chi connectivity index (χ2n) is 6.36. The van der Waals surface area contributed by atoms with Crippen LogP contribution in [0, 0.1) is 0 Å². The minimum Gasteiger partial charge on any atom is -0.423 e. The summed E-state index contributed by atoms with van der Waals surface area (Å²) in [7, 11) is -2.36. The number of rotatable bonds is 6. The van der Waals surface area contributed by atoms with Gasteiger partial charge in [-0.25, -0.2) is 12.7 Å². The van der Waals surface area contributed by atoms with E-state index in [1.807, 2.05) is 0 Å². The maximum absolute atomic E-state index is 12.3. The standard InChI is InChI=1S/C14H24BNO5S/c1-13(2,17)14(3,4)21-15(18)11-9-7-8-10-12(11)22(19,20)16(5)6/h7-10,17-18H,1-6H3. The molecule has 0 aliphatic rings. The first kappa shape index (κ1) is 19.1. The molecule has 2 N–H and O–H groups in total. The van der Waals surface area contributed by atoms with Crippen LogP contribution in [0.25, 0.3) is 0 Å². The van der Waals surface area contributed by atoms with Crippen molar-refractivity contribution in [2.45, 2.75) is 43.8 Å². The summed E-state index contributed by atoms with van der Waals surface area (Å²) in [5, 5.41) is 20.4. The number of hydrogen-bond acceptors (Lipinski definition) is 5. The number of sulfonamides is 1. The minimum absolute atomic E-state index is 0.0287. The lowest BCUT2D eigenvalue weighted by Gasteiger charge is -2.38. The van der Waals surface area contributed by atoms with Crippen LogP contribution in [-0.4, -0.2) is 55.3 Å². The highest BCUT2D eigenvalue weighted by molar-refractivity contribution is 7.89. The SMILES string of the molecule is CN(C)S(=O)(=O)c1ccccc1B(O)OC(C)(C)C(C)(C)O. The number of hydrogen-bond donors (Lipinski definition) is 2. The fourth-order valence-corrected chi connectivity index (χ4v) is 2.71. The smallest absolute Gasteiger partial charge is 0.423 e. The first-order valence-electron chi connectivity index (χ1n) is 6.90. The van der Waals surface area contributed by atoms with E-state index < -0.39 is 28.3 Å². The number of aliphatic hydroxyl groups is 1. The summed E-state index contributed by atoms with van der Waals surface area (Å²) >= 11 is 0. The maximum atomic E-state index is 12.3. The summed E-state index contributed by atoms with van der Waals surface area (Å²) < 4.78 is 31.3. The highest BCUT2D eigenvalue weighted by Crippen LogP contribution is 2.25. The van der Waals surface area contributed by atoms with Crippen LogP contribution < -0.4 is 5.46 Å². The Morgan fingerprint density at radius 2 is 1.64 bits per heavy atom. The average Bonchev–Trinajstić information content (AvgIpc) is 2.36. The van der Waals surface area contributed by atoms with E-state index in [9.17, 15) is 18.5 Å². The monoisotopic (exact) mass is 329 g/mol. The molecule has 0 spiro atoms. The van der Waals surface area contributed by atoms with Gasteiger partial charge in [0, 0.05) is 19.6 Å². The van der Waals surface area contributed by atoms with Crippen molar-refractivity contribution in [2.75, 3.05) is 14.1 Å². The van der Waals surface area contributed by atoms with Gasteiger partial charge in [-0.3, -0.25) is 0 Å². The van der Waals surface area contributed by atoms with E-state index in [-0.39, 0.29) is 10.4 Å². The molecule has 0 bridgehead atoms. The van der Waals surface area contributed by atoms with Gasteiger partial charge in [0.1, 0.15) is 0 Å². The van der Waals surface area contributed by atoms with Crippen molar-refractivity contribution in [3.8, 4) is 0 Å². The molecule has 6 nitrogen and oxygen atoms in total. The van der Waals surface area contributed by atoms with Crippen molar-refractivity contribution in [2.24, 2.45) is 0 Å². The summed E-state index contributed by atoms with van der Waals surface area (Å²) in [4.78, 5) is -0.0287. The first-order chi connectivity index (χ1) is 9.80. The molecule has 0 unspecified atom stereocenters. The van der Waals surface area contributed by atoms with Crippen molar-refractivity contribution in [3.63, 3.8) is 0 Å². The molecule has 0 aliphatic heterocycles. The molecule has 0 saturated carbocycles.